The number of carbonyl (C=O) groups is 2. The van der Waals surface area contributed by atoms with E-state index in [0.717, 1.165) is 13.1 Å². The standard InChI is InChI=1S/C24H26N2O7/c1-15-2-4-18(33-15)21-20(22(27)16-3-5-17-19(14-16)32-13-12-31-17)23(28)24(29)26(21)7-6-25-8-10-30-11-9-25/h2-5,14,21,27H,6-13H2,1H3/b22-20+/t21-/m1/s1. The van der Waals surface area contributed by atoms with E-state index >= 15 is 0 Å². The number of aliphatic hydroxyl groups excluding tert-OH is 1. The van der Waals surface area contributed by atoms with Gasteiger partial charge in [0.2, 0.25) is 0 Å². The summed E-state index contributed by atoms with van der Waals surface area (Å²) in [6, 6.07) is 7.66. The SMILES string of the molecule is Cc1ccc([C@@H]2/C(=C(\O)c3ccc4c(c3)OCCO4)C(=O)C(=O)N2CCN2CCOCC2)o1. The monoisotopic (exact) mass is 454 g/mol. The number of benzene rings is 1. The van der Waals surface area contributed by atoms with E-state index in [0.29, 0.717) is 68.1 Å². The maximum absolute atomic E-state index is 13.1. The third-order valence-electron chi connectivity index (χ3n) is 6.15. The summed E-state index contributed by atoms with van der Waals surface area (Å²) >= 11 is 0. The molecule has 1 atom stereocenters. The molecule has 33 heavy (non-hydrogen) atoms. The molecular formula is C24H26N2O7. The lowest BCUT2D eigenvalue weighted by Gasteiger charge is -2.30. The van der Waals surface area contributed by atoms with E-state index < -0.39 is 17.7 Å². The second-order valence-electron chi connectivity index (χ2n) is 8.25. The van der Waals surface area contributed by atoms with Crippen molar-refractivity contribution in [1.82, 2.24) is 9.80 Å². The molecule has 174 valence electrons. The molecule has 1 amide bonds. The van der Waals surface area contributed by atoms with Crippen molar-refractivity contribution in [1.29, 1.82) is 0 Å². The van der Waals surface area contributed by atoms with Crippen LogP contribution in [0, 0.1) is 6.92 Å². The number of aryl methyl sites for hydroxylation is 1. The largest absolute Gasteiger partial charge is 0.507 e. The smallest absolute Gasteiger partial charge is 0.295 e. The lowest BCUT2D eigenvalue weighted by molar-refractivity contribution is -0.140. The molecule has 1 aromatic heterocycles. The van der Waals surface area contributed by atoms with Gasteiger partial charge in [0.15, 0.2) is 11.5 Å². The molecule has 1 N–H and O–H groups in total. The Morgan fingerprint density at radius 3 is 2.48 bits per heavy atom. The maximum Gasteiger partial charge on any atom is 0.295 e. The van der Waals surface area contributed by atoms with E-state index in [9.17, 15) is 14.7 Å². The molecule has 3 aliphatic rings. The van der Waals surface area contributed by atoms with Crippen LogP contribution in [-0.4, -0.2) is 79.2 Å². The highest BCUT2D eigenvalue weighted by molar-refractivity contribution is 6.46. The van der Waals surface area contributed by atoms with Crippen LogP contribution in [0.5, 0.6) is 11.5 Å². The first-order chi connectivity index (χ1) is 16.0. The number of ether oxygens (including phenoxy) is 3. The van der Waals surface area contributed by atoms with Crippen LogP contribution >= 0.6 is 0 Å². The lowest BCUT2D eigenvalue weighted by Crippen LogP contribution is -2.42. The van der Waals surface area contributed by atoms with Gasteiger partial charge in [0.1, 0.15) is 36.5 Å². The first kappa shape index (κ1) is 21.5. The lowest BCUT2D eigenvalue weighted by atomic mass is 9.99. The molecule has 0 unspecified atom stereocenters. The molecule has 2 aromatic rings. The molecule has 0 radical (unpaired) electrons. The summed E-state index contributed by atoms with van der Waals surface area (Å²) in [6.07, 6.45) is 0. The molecule has 9 heteroatoms. The molecule has 2 saturated heterocycles. The van der Waals surface area contributed by atoms with Crippen LogP contribution in [0.2, 0.25) is 0 Å². The number of rotatable bonds is 5. The number of aliphatic hydroxyl groups is 1. The van der Waals surface area contributed by atoms with Gasteiger partial charge in [0, 0.05) is 31.7 Å². The number of morpholine rings is 1. The Morgan fingerprint density at radius 2 is 1.76 bits per heavy atom. The number of amides is 1. The second-order valence-corrected chi connectivity index (χ2v) is 8.25. The van der Waals surface area contributed by atoms with Gasteiger partial charge in [-0.2, -0.15) is 0 Å². The number of Topliss-reactive ketones (excluding diaryl/α,β-unsaturated/α-hetero) is 1. The maximum atomic E-state index is 13.1. The zero-order valence-corrected chi connectivity index (χ0v) is 18.4. The van der Waals surface area contributed by atoms with Crippen molar-refractivity contribution in [3.8, 4) is 11.5 Å². The van der Waals surface area contributed by atoms with Crippen LogP contribution in [0.3, 0.4) is 0 Å². The Hall–Kier alpha value is -3.30. The third-order valence-corrected chi connectivity index (χ3v) is 6.15. The summed E-state index contributed by atoms with van der Waals surface area (Å²) < 4.78 is 22.4. The molecule has 0 aliphatic carbocycles. The van der Waals surface area contributed by atoms with Crippen molar-refractivity contribution >= 4 is 17.4 Å². The van der Waals surface area contributed by atoms with Gasteiger partial charge in [-0.15, -0.1) is 0 Å². The number of hydrogen-bond donors (Lipinski definition) is 1. The summed E-state index contributed by atoms with van der Waals surface area (Å²) in [5.74, 6) is 0.498. The molecule has 3 aliphatic heterocycles. The van der Waals surface area contributed by atoms with Crippen LogP contribution in [0.1, 0.15) is 23.1 Å². The molecule has 0 bridgehead atoms. The Bertz CT molecular complexity index is 1100. The fourth-order valence-corrected chi connectivity index (χ4v) is 4.43. The number of carbonyl (C=O) groups excluding carboxylic acids is 2. The summed E-state index contributed by atoms with van der Waals surface area (Å²) in [6.45, 7) is 6.39. The number of hydrogen-bond acceptors (Lipinski definition) is 8. The summed E-state index contributed by atoms with van der Waals surface area (Å²) in [5, 5.41) is 11.2. The Kier molecular flexibility index (Phi) is 5.82. The highest BCUT2D eigenvalue weighted by Gasteiger charge is 2.47. The fourth-order valence-electron chi connectivity index (χ4n) is 4.43. The quantitative estimate of drug-likeness (QED) is 0.417. The Balaban J connectivity index is 1.51. The van der Waals surface area contributed by atoms with Crippen molar-refractivity contribution in [2.75, 3.05) is 52.6 Å². The molecule has 1 aromatic carbocycles. The number of fused-ring (bicyclic) bond motifs is 1. The fraction of sp³-hybridized carbons (Fsp3) is 0.417. The minimum Gasteiger partial charge on any atom is -0.507 e. The predicted octanol–water partition coefficient (Wildman–Crippen LogP) is 2.11. The second kappa shape index (κ2) is 8.92. The molecule has 5 rings (SSSR count). The van der Waals surface area contributed by atoms with Gasteiger partial charge in [-0.3, -0.25) is 14.5 Å². The van der Waals surface area contributed by atoms with Crippen LogP contribution in [-0.2, 0) is 14.3 Å². The molecular weight excluding hydrogens is 428 g/mol. The van der Waals surface area contributed by atoms with E-state index in [-0.39, 0.29) is 11.3 Å². The average molecular weight is 454 g/mol. The minimum atomic E-state index is -0.812. The normalized spacial score (nSPS) is 22.7. The van der Waals surface area contributed by atoms with Gasteiger partial charge in [-0.1, -0.05) is 0 Å². The summed E-state index contributed by atoms with van der Waals surface area (Å²) in [7, 11) is 0. The van der Waals surface area contributed by atoms with Crippen LogP contribution < -0.4 is 9.47 Å². The van der Waals surface area contributed by atoms with E-state index in [1.807, 2.05) is 0 Å². The van der Waals surface area contributed by atoms with Crippen molar-refractivity contribution < 1.29 is 33.3 Å². The van der Waals surface area contributed by atoms with E-state index in [1.54, 1.807) is 37.3 Å². The number of nitrogens with zero attached hydrogens (tertiary/aromatic N) is 2. The first-order valence-corrected chi connectivity index (χ1v) is 11.1. The van der Waals surface area contributed by atoms with Crippen molar-refractivity contribution in [2.24, 2.45) is 0 Å². The zero-order chi connectivity index (χ0) is 22.9. The molecule has 2 fully saturated rings. The van der Waals surface area contributed by atoms with Gasteiger partial charge in [0.05, 0.1) is 18.8 Å². The van der Waals surface area contributed by atoms with E-state index in [1.165, 1.54) is 4.90 Å². The highest BCUT2D eigenvalue weighted by atomic mass is 16.6. The van der Waals surface area contributed by atoms with E-state index in [4.69, 9.17) is 18.6 Å². The topological polar surface area (TPSA) is 102 Å². The Labute approximate surface area is 191 Å². The summed E-state index contributed by atoms with van der Waals surface area (Å²) in [5.41, 5.74) is 0.381. The van der Waals surface area contributed by atoms with Crippen molar-refractivity contribution in [3.05, 3.63) is 53.0 Å². The first-order valence-electron chi connectivity index (χ1n) is 11.1. The van der Waals surface area contributed by atoms with Gasteiger partial charge in [0.25, 0.3) is 11.7 Å². The molecule has 4 heterocycles. The Morgan fingerprint density at radius 1 is 1.00 bits per heavy atom. The van der Waals surface area contributed by atoms with Crippen LogP contribution in [0.25, 0.3) is 5.76 Å². The molecule has 0 spiro atoms. The minimum absolute atomic E-state index is 0.00741. The van der Waals surface area contributed by atoms with E-state index in [2.05, 4.69) is 4.90 Å². The number of furan rings is 1. The zero-order valence-electron chi connectivity index (χ0n) is 18.4. The number of likely N-dealkylation sites (tertiary alicyclic amines) is 1. The van der Waals surface area contributed by atoms with Crippen LogP contribution in [0.15, 0.2) is 40.3 Å². The number of ketones is 1. The van der Waals surface area contributed by atoms with Crippen LogP contribution in [0.4, 0.5) is 0 Å². The highest BCUT2D eigenvalue weighted by Crippen LogP contribution is 2.41. The molecule has 9 nitrogen and oxygen atoms in total. The van der Waals surface area contributed by atoms with Crippen molar-refractivity contribution in [2.45, 2.75) is 13.0 Å². The van der Waals surface area contributed by atoms with Gasteiger partial charge in [-0.05, 0) is 37.3 Å². The third kappa shape index (κ3) is 4.09. The van der Waals surface area contributed by atoms with Gasteiger partial charge in [-0.25, -0.2) is 0 Å². The average Bonchev–Trinajstić information content (AvgIpc) is 3.38. The van der Waals surface area contributed by atoms with Gasteiger partial charge >= 0.3 is 0 Å². The van der Waals surface area contributed by atoms with Gasteiger partial charge < -0.3 is 28.6 Å². The molecule has 0 saturated carbocycles. The predicted molar refractivity (Wildman–Crippen MR) is 117 cm³/mol. The van der Waals surface area contributed by atoms with Crippen molar-refractivity contribution in [3.63, 3.8) is 0 Å². The summed E-state index contributed by atoms with van der Waals surface area (Å²) in [4.78, 5) is 29.8.